The number of amides is 1. The lowest BCUT2D eigenvalue weighted by Crippen LogP contribution is -2.31. The van der Waals surface area contributed by atoms with Gasteiger partial charge in [-0.1, -0.05) is 6.92 Å². The second kappa shape index (κ2) is 6.00. The van der Waals surface area contributed by atoms with Gasteiger partial charge in [-0.15, -0.1) is 0 Å². The van der Waals surface area contributed by atoms with Crippen molar-refractivity contribution in [2.75, 3.05) is 20.1 Å². The maximum atomic E-state index is 11.5. The largest absolute Gasteiger partial charge is 0.346 e. The van der Waals surface area contributed by atoms with Crippen molar-refractivity contribution in [1.82, 2.24) is 4.90 Å². The molecule has 0 rings (SSSR count). The van der Waals surface area contributed by atoms with Crippen molar-refractivity contribution in [3.63, 3.8) is 0 Å². The van der Waals surface area contributed by atoms with Gasteiger partial charge in [0.05, 0.1) is 0 Å². The minimum atomic E-state index is 0.124. The third kappa shape index (κ3) is 3.72. The zero-order chi connectivity index (χ0) is 9.56. The van der Waals surface area contributed by atoms with Crippen LogP contribution >= 0.6 is 0 Å². The molecule has 0 aromatic carbocycles. The molecule has 72 valence electrons. The van der Waals surface area contributed by atoms with Crippen molar-refractivity contribution in [1.29, 1.82) is 0 Å². The molecule has 1 unspecified atom stereocenters. The number of nitrogens with two attached hydrogens (primary N) is 1. The van der Waals surface area contributed by atoms with Crippen molar-refractivity contribution in [2.45, 2.75) is 26.7 Å². The van der Waals surface area contributed by atoms with E-state index < -0.39 is 0 Å². The van der Waals surface area contributed by atoms with Gasteiger partial charge in [0.15, 0.2) is 0 Å². The highest BCUT2D eigenvalue weighted by Gasteiger charge is 2.14. The van der Waals surface area contributed by atoms with Crippen LogP contribution in [0.15, 0.2) is 0 Å². The Bertz CT molecular complexity index is 136. The van der Waals surface area contributed by atoms with E-state index in [2.05, 4.69) is 0 Å². The molecule has 0 heterocycles. The van der Waals surface area contributed by atoms with Gasteiger partial charge in [0.2, 0.25) is 5.91 Å². The van der Waals surface area contributed by atoms with E-state index in [1.807, 2.05) is 20.9 Å². The number of hydrogen-bond donors (Lipinski definition) is 1. The normalized spacial score (nSPS) is 12.7. The highest BCUT2D eigenvalue weighted by Crippen LogP contribution is 2.07. The Morgan fingerprint density at radius 1 is 1.58 bits per heavy atom. The van der Waals surface area contributed by atoms with E-state index in [1.165, 1.54) is 0 Å². The maximum Gasteiger partial charge on any atom is 0.225 e. The smallest absolute Gasteiger partial charge is 0.225 e. The highest BCUT2D eigenvalue weighted by atomic mass is 16.2. The molecule has 0 aliphatic heterocycles. The van der Waals surface area contributed by atoms with Gasteiger partial charge in [0, 0.05) is 19.5 Å². The van der Waals surface area contributed by atoms with Crippen LogP contribution in [-0.2, 0) is 4.79 Å². The second-order valence-corrected chi connectivity index (χ2v) is 3.18. The van der Waals surface area contributed by atoms with Gasteiger partial charge in [-0.25, -0.2) is 0 Å². The Kier molecular flexibility index (Phi) is 5.72. The topological polar surface area (TPSA) is 46.3 Å². The molecule has 0 spiro atoms. The first-order valence-electron chi connectivity index (χ1n) is 4.58. The molecular weight excluding hydrogens is 152 g/mol. The fourth-order valence-electron chi connectivity index (χ4n) is 1.08. The molecular formula is C9H20N2O. The molecule has 1 amide bonds. The molecule has 0 bridgehead atoms. The average Bonchev–Trinajstić information content (AvgIpc) is 2.11. The van der Waals surface area contributed by atoms with Crippen LogP contribution in [0.2, 0.25) is 0 Å². The Balaban J connectivity index is 3.75. The molecule has 1 atom stereocenters. The summed E-state index contributed by atoms with van der Waals surface area (Å²) < 4.78 is 0. The van der Waals surface area contributed by atoms with E-state index in [1.54, 1.807) is 4.90 Å². The minimum Gasteiger partial charge on any atom is -0.346 e. The molecule has 0 fully saturated rings. The van der Waals surface area contributed by atoms with Gasteiger partial charge in [0.25, 0.3) is 0 Å². The molecule has 0 radical (unpaired) electrons. The van der Waals surface area contributed by atoms with Crippen molar-refractivity contribution in [3.8, 4) is 0 Å². The summed E-state index contributed by atoms with van der Waals surface area (Å²) in [4.78, 5) is 13.2. The Labute approximate surface area is 74.9 Å². The summed E-state index contributed by atoms with van der Waals surface area (Å²) in [5.74, 6) is 0.351. The van der Waals surface area contributed by atoms with Crippen LogP contribution in [0, 0.1) is 5.92 Å². The third-order valence-corrected chi connectivity index (χ3v) is 2.11. The van der Waals surface area contributed by atoms with Crippen LogP contribution in [0.5, 0.6) is 0 Å². The Morgan fingerprint density at radius 3 is 2.58 bits per heavy atom. The average molecular weight is 172 g/mol. The molecule has 3 heteroatoms. The maximum absolute atomic E-state index is 11.5. The molecule has 0 aliphatic carbocycles. The van der Waals surface area contributed by atoms with Crippen LogP contribution < -0.4 is 5.73 Å². The fourth-order valence-corrected chi connectivity index (χ4v) is 1.08. The Morgan fingerprint density at radius 2 is 2.17 bits per heavy atom. The number of carbonyl (C=O) groups excluding carboxylic acids is 1. The molecule has 0 saturated carbocycles. The fraction of sp³-hybridized carbons (Fsp3) is 0.889. The number of rotatable bonds is 5. The van der Waals surface area contributed by atoms with Gasteiger partial charge in [-0.3, -0.25) is 4.79 Å². The predicted molar refractivity (Wildman–Crippen MR) is 50.8 cm³/mol. The molecule has 2 N–H and O–H groups in total. The Hall–Kier alpha value is -0.570. The SMILES string of the molecule is CCN(C)C(=O)C(C)CCCN. The summed E-state index contributed by atoms with van der Waals surface area (Å²) in [5, 5.41) is 0. The van der Waals surface area contributed by atoms with E-state index in [-0.39, 0.29) is 11.8 Å². The van der Waals surface area contributed by atoms with Crippen molar-refractivity contribution >= 4 is 5.91 Å². The quantitative estimate of drug-likeness (QED) is 0.668. The monoisotopic (exact) mass is 172 g/mol. The molecule has 0 aliphatic rings. The van der Waals surface area contributed by atoms with Gasteiger partial charge >= 0.3 is 0 Å². The van der Waals surface area contributed by atoms with Crippen LogP contribution in [0.1, 0.15) is 26.7 Å². The van der Waals surface area contributed by atoms with Crippen molar-refractivity contribution in [2.24, 2.45) is 11.7 Å². The number of hydrogen-bond acceptors (Lipinski definition) is 2. The van der Waals surface area contributed by atoms with E-state index >= 15 is 0 Å². The first-order valence-corrected chi connectivity index (χ1v) is 4.58. The summed E-state index contributed by atoms with van der Waals surface area (Å²) in [7, 11) is 1.83. The lowest BCUT2D eigenvalue weighted by atomic mass is 10.0. The lowest BCUT2D eigenvalue weighted by Gasteiger charge is -2.19. The number of carbonyl (C=O) groups is 1. The predicted octanol–water partition coefficient (Wildman–Crippen LogP) is 0.840. The van der Waals surface area contributed by atoms with Crippen LogP contribution in [0.25, 0.3) is 0 Å². The summed E-state index contributed by atoms with van der Waals surface area (Å²) in [6.07, 6.45) is 1.84. The first-order chi connectivity index (χ1) is 5.63. The third-order valence-electron chi connectivity index (χ3n) is 2.11. The van der Waals surface area contributed by atoms with Crippen molar-refractivity contribution in [3.05, 3.63) is 0 Å². The molecule has 3 nitrogen and oxygen atoms in total. The summed E-state index contributed by atoms with van der Waals surface area (Å²) >= 11 is 0. The summed E-state index contributed by atoms with van der Waals surface area (Å²) in [6.45, 7) is 5.40. The van der Waals surface area contributed by atoms with Gasteiger partial charge in [0.1, 0.15) is 0 Å². The van der Waals surface area contributed by atoms with Crippen LogP contribution in [0.3, 0.4) is 0 Å². The minimum absolute atomic E-state index is 0.124. The zero-order valence-corrected chi connectivity index (χ0v) is 8.34. The van der Waals surface area contributed by atoms with E-state index in [9.17, 15) is 4.79 Å². The van der Waals surface area contributed by atoms with Gasteiger partial charge in [-0.2, -0.15) is 0 Å². The van der Waals surface area contributed by atoms with Crippen molar-refractivity contribution < 1.29 is 4.79 Å². The summed E-state index contributed by atoms with van der Waals surface area (Å²) in [6, 6.07) is 0. The van der Waals surface area contributed by atoms with Gasteiger partial charge < -0.3 is 10.6 Å². The lowest BCUT2D eigenvalue weighted by molar-refractivity contribution is -0.133. The van der Waals surface area contributed by atoms with Gasteiger partial charge in [-0.05, 0) is 26.3 Å². The van der Waals surface area contributed by atoms with E-state index in [4.69, 9.17) is 5.73 Å². The van der Waals surface area contributed by atoms with E-state index in [0.717, 1.165) is 19.4 Å². The highest BCUT2D eigenvalue weighted by molar-refractivity contribution is 5.78. The first kappa shape index (κ1) is 11.4. The molecule has 12 heavy (non-hydrogen) atoms. The standard InChI is InChI=1S/C9H20N2O/c1-4-11(3)9(12)8(2)6-5-7-10/h8H,4-7,10H2,1-3H3. The molecule has 0 aromatic heterocycles. The zero-order valence-electron chi connectivity index (χ0n) is 8.34. The summed E-state index contributed by atoms with van der Waals surface area (Å²) in [5.41, 5.74) is 5.36. The second-order valence-electron chi connectivity index (χ2n) is 3.18. The van der Waals surface area contributed by atoms with Crippen LogP contribution in [0.4, 0.5) is 0 Å². The molecule has 0 aromatic rings. The molecule has 0 saturated heterocycles. The van der Waals surface area contributed by atoms with Crippen LogP contribution in [-0.4, -0.2) is 30.9 Å². The number of nitrogens with zero attached hydrogens (tertiary/aromatic N) is 1. The van der Waals surface area contributed by atoms with E-state index in [0.29, 0.717) is 6.54 Å².